The Balaban J connectivity index is 2.42. The molecule has 1 aromatic heterocycles. The van der Waals surface area contributed by atoms with Crippen LogP contribution < -0.4 is 5.32 Å². The first kappa shape index (κ1) is 13.9. The highest BCUT2D eigenvalue weighted by molar-refractivity contribution is 5.83. The molecule has 1 heterocycles. The quantitative estimate of drug-likeness (QED) is 0.895. The average molecular weight is 275 g/mol. The van der Waals surface area contributed by atoms with Gasteiger partial charge in [0.25, 0.3) is 0 Å². The van der Waals surface area contributed by atoms with Crippen LogP contribution in [-0.2, 0) is 10.3 Å². The molecule has 2 rings (SSSR count). The van der Waals surface area contributed by atoms with Crippen molar-refractivity contribution in [3.63, 3.8) is 0 Å². The Hall–Kier alpha value is -2.50. The molecule has 0 aliphatic heterocycles. The lowest BCUT2D eigenvalue weighted by atomic mass is 9.97. The van der Waals surface area contributed by atoms with Crippen molar-refractivity contribution < 1.29 is 14.3 Å². The molecule has 20 heavy (non-hydrogen) atoms. The molecule has 6 heteroatoms. The third kappa shape index (κ3) is 2.74. The molecule has 0 aliphatic rings. The summed E-state index contributed by atoms with van der Waals surface area (Å²) in [5.74, 6) is -1.56. The number of hydrogen-bond donors (Lipinski definition) is 2. The van der Waals surface area contributed by atoms with Crippen LogP contribution in [0.5, 0.6) is 0 Å². The van der Waals surface area contributed by atoms with E-state index in [-0.39, 0.29) is 5.69 Å². The van der Waals surface area contributed by atoms with E-state index >= 15 is 0 Å². The van der Waals surface area contributed by atoms with Crippen LogP contribution in [0.15, 0.2) is 36.8 Å². The number of nitrogens with zero attached hydrogens (tertiary/aromatic N) is 2. The van der Waals surface area contributed by atoms with Crippen LogP contribution in [0.1, 0.15) is 18.2 Å². The Kier molecular flexibility index (Phi) is 3.65. The number of halogens is 1. The summed E-state index contributed by atoms with van der Waals surface area (Å²) in [5.41, 5.74) is -0.180. The van der Waals surface area contributed by atoms with Crippen molar-refractivity contribution in [1.29, 1.82) is 0 Å². The second-order valence-electron chi connectivity index (χ2n) is 4.66. The third-order valence-electron chi connectivity index (χ3n) is 2.94. The minimum absolute atomic E-state index is 0.245. The second-order valence-corrected chi connectivity index (χ2v) is 4.66. The van der Waals surface area contributed by atoms with Crippen molar-refractivity contribution in [3.8, 4) is 0 Å². The number of nitrogens with one attached hydrogen (secondary N) is 1. The lowest BCUT2D eigenvalue weighted by Crippen LogP contribution is -2.41. The molecule has 0 aliphatic carbocycles. The minimum Gasteiger partial charge on any atom is -0.479 e. The van der Waals surface area contributed by atoms with Gasteiger partial charge in [0, 0.05) is 18.1 Å². The van der Waals surface area contributed by atoms with Gasteiger partial charge >= 0.3 is 5.97 Å². The highest BCUT2D eigenvalue weighted by Gasteiger charge is 2.37. The lowest BCUT2D eigenvalue weighted by molar-refractivity contribution is -0.142. The first-order valence-corrected chi connectivity index (χ1v) is 5.97. The van der Waals surface area contributed by atoms with Crippen molar-refractivity contribution in [2.75, 3.05) is 5.32 Å². The molecule has 0 radical (unpaired) electrons. The molecule has 0 saturated carbocycles. The number of rotatable bonds is 4. The van der Waals surface area contributed by atoms with Gasteiger partial charge in [0.2, 0.25) is 0 Å². The molecule has 0 spiro atoms. The molecule has 1 unspecified atom stereocenters. The van der Waals surface area contributed by atoms with E-state index in [0.29, 0.717) is 11.3 Å². The Labute approximate surface area is 115 Å². The van der Waals surface area contributed by atoms with Crippen LogP contribution in [0.25, 0.3) is 0 Å². The van der Waals surface area contributed by atoms with E-state index in [4.69, 9.17) is 0 Å². The first-order chi connectivity index (χ1) is 9.41. The van der Waals surface area contributed by atoms with Gasteiger partial charge in [-0.2, -0.15) is 0 Å². The largest absolute Gasteiger partial charge is 0.479 e. The zero-order valence-corrected chi connectivity index (χ0v) is 11.1. The number of aryl methyl sites for hydroxylation is 1. The number of carbonyl (C=O) groups is 1. The summed E-state index contributed by atoms with van der Waals surface area (Å²) in [6.45, 7) is 3.19. The third-order valence-corrected chi connectivity index (χ3v) is 2.94. The van der Waals surface area contributed by atoms with E-state index < -0.39 is 17.3 Å². The van der Waals surface area contributed by atoms with E-state index in [1.54, 1.807) is 13.0 Å². The molecular weight excluding hydrogens is 261 g/mol. The van der Waals surface area contributed by atoms with Gasteiger partial charge in [0.05, 0.1) is 11.9 Å². The molecule has 2 aromatic rings. The summed E-state index contributed by atoms with van der Waals surface area (Å²) in [4.78, 5) is 19.5. The number of benzene rings is 1. The van der Waals surface area contributed by atoms with E-state index in [0.717, 1.165) is 0 Å². The topological polar surface area (TPSA) is 75.1 Å². The van der Waals surface area contributed by atoms with Crippen molar-refractivity contribution in [3.05, 3.63) is 53.9 Å². The van der Waals surface area contributed by atoms with Gasteiger partial charge in [-0.1, -0.05) is 0 Å². The number of hydrogen-bond acceptors (Lipinski definition) is 4. The number of aromatic nitrogens is 2. The summed E-state index contributed by atoms with van der Waals surface area (Å²) >= 11 is 0. The molecule has 1 aromatic carbocycles. The molecular formula is C14H14FN3O2. The molecule has 0 bridgehead atoms. The predicted octanol–water partition coefficient (Wildman–Crippen LogP) is 2.34. The molecule has 104 valence electrons. The maximum atomic E-state index is 13.4. The Bertz CT molecular complexity index is 613. The highest BCUT2D eigenvalue weighted by atomic mass is 19.1. The van der Waals surface area contributed by atoms with Gasteiger partial charge in [-0.05, 0) is 37.6 Å². The number of carboxylic acids is 1. The summed E-state index contributed by atoms with van der Waals surface area (Å²) in [5, 5.41) is 12.3. The maximum Gasteiger partial charge on any atom is 0.335 e. The van der Waals surface area contributed by atoms with E-state index in [9.17, 15) is 14.3 Å². The fraction of sp³-hybridized carbons (Fsp3) is 0.214. The number of anilines is 1. The standard InChI is InChI=1S/C14H14FN3O2/c1-9-5-10(15)7-11(6-9)18-14(2,13(19)20)12-8-16-3-4-17-12/h3-8,18H,1-2H3,(H,19,20). The average Bonchev–Trinajstić information content (AvgIpc) is 2.38. The molecule has 0 amide bonds. The van der Waals surface area contributed by atoms with Gasteiger partial charge < -0.3 is 10.4 Å². The van der Waals surface area contributed by atoms with Crippen molar-refractivity contribution in [2.45, 2.75) is 19.4 Å². The van der Waals surface area contributed by atoms with Crippen LogP contribution in [0, 0.1) is 12.7 Å². The van der Waals surface area contributed by atoms with Crippen molar-refractivity contribution in [2.24, 2.45) is 0 Å². The fourth-order valence-electron chi connectivity index (χ4n) is 1.88. The summed E-state index contributed by atoms with van der Waals surface area (Å²) in [6, 6.07) is 4.27. The van der Waals surface area contributed by atoms with Crippen molar-refractivity contribution in [1.82, 2.24) is 9.97 Å². The second kappa shape index (κ2) is 5.24. The van der Waals surface area contributed by atoms with Gasteiger partial charge in [0.1, 0.15) is 5.82 Å². The maximum absolute atomic E-state index is 13.4. The van der Waals surface area contributed by atoms with E-state index in [2.05, 4.69) is 15.3 Å². The van der Waals surface area contributed by atoms with Gasteiger partial charge in [-0.25, -0.2) is 9.18 Å². The molecule has 1 atom stereocenters. The normalized spacial score (nSPS) is 13.6. The Morgan fingerprint density at radius 3 is 2.65 bits per heavy atom. The van der Waals surface area contributed by atoms with Crippen LogP contribution in [-0.4, -0.2) is 21.0 Å². The molecule has 0 saturated heterocycles. The van der Waals surface area contributed by atoms with Crippen LogP contribution in [0.4, 0.5) is 10.1 Å². The van der Waals surface area contributed by atoms with Crippen LogP contribution >= 0.6 is 0 Å². The smallest absolute Gasteiger partial charge is 0.335 e. The Morgan fingerprint density at radius 1 is 1.35 bits per heavy atom. The van der Waals surface area contributed by atoms with Gasteiger partial charge in [-0.3, -0.25) is 9.97 Å². The summed E-state index contributed by atoms with van der Waals surface area (Å²) < 4.78 is 13.4. The highest BCUT2D eigenvalue weighted by Crippen LogP contribution is 2.25. The molecule has 2 N–H and O–H groups in total. The first-order valence-electron chi connectivity index (χ1n) is 5.97. The fourth-order valence-corrected chi connectivity index (χ4v) is 1.88. The SMILES string of the molecule is Cc1cc(F)cc(NC(C)(C(=O)O)c2cnccn2)c1. The molecule has 5 nitrogen and oxygen atoms in total. The van der Waals surface area contributed by atoms with E-state index in [1.165, 1.54) is 37.6 Å². The number of aliphatic carboxylic acids is 1. The summed E-state index contributed by atoms with van der Waals surface area (Å²) in [6.07, 6.45) is 4.24. The van der Waals surface area contributed by atoms with Crippen LogP contribution in [0.3, 0.4) is 0 Å². The van der Waals surface area contributed by atoms with Gasteiger partial charge in [-0.15, -0.1) is 0 Å². The van der Waals surface area contributed by atoms with Crippen LogP contribution in [0.2, 0.25) is 0 Å². The monoisotopic (exact) mass is 275 g/mol. The van der Waals surface area contributed by atoms with Gasteiger partial charge in [0.15, 0.2) is 5.54 Å². The zero-order chi connectivity index (χ0) is 14.8. The zero-order valence-electron chi connectivity index (χ0n) is 11.1. The minimum atomic E-state index is -1.49. The predicted molar refractivity (Wildman–Crippen MR) is 71.8 cm³/mol. The Morgan fingerprint density at radius 2 is 2.10 bits per heavy atom. The van der Waals surface area contributed by atoms with E-state index in [1.807, 2.05) is 0 Å². The molecule has 0 fully saturated rings. The summed E-state index contributed by atoms with van der Waals surface area (Å²) in [7, 11) is 0. The van der Waals surface area contributed by atoms with Crippen molar-refractivity contribution >= 4 is 11.7 Å². The lowest BCUT2D eigenvalue weighted by Gasteiger charge is -2.26. The number of carboxylic acid groups (broad SMARTS) is 1.